The minimum Gasteiger partial charge on any atom is -0.350 e. The van der Waals surface area contributed by atoms with Crippen LogP contribution in [0.3, 0.4) is 0 Å². The number of rotatable bonds is 5. The van der Waals surface area contributed by atoms with Crippen LogP contribution in [-0.2, 0) is 11.3 Å². The van der Waals surface area contributed by atoms with E-state index in [2.05, 4.69) is 70.9 Å². The van der Waals surface area contributed by atoms with E-state index in [9.17, 15) is 4.79 Å². The number of nitrogens with zero attached hydrogens (tertiary/aromatic N) is 1. The molecule has 1 unspecified atom stereocenters. The molecule has 0 bridgehead atoms. The first-order chi connectivity index (χ1) is 13.3. The minimum atomic E-state index is 0.0414. The number of hydrogen-bond donors (Lipinski definition) is 1. The second-order valence-corrected chi connectivity index (χ2v) is 7.13. The van der Waals surface area contributed by atoms with Crippen LogP contribution in [0.15, 0.2) is 91.0 Å². The molecule has 1 heterocycles. The Bertz CT molecular complexity index is 825. The highest BCUT2D eigenvalue weighted by Crippen LogP contribution is 2.30. The Kier molecular flexibility index (Phi) is 5.31. The summed E-state index contributed by atoms with van der Waals surface area (Å²) in [7, 11) is 0. The van der Waals surface area contributed by atoms with Gasteiger partial charge in [0.05, 0.1) is 12.6 Å². The molecule has 1 N–H and O–H groups in total. The average Bonchev–Trinajstić information content (AvgIpc) is 2.70. The van der Waals surface area contributed by atoms with E-state index >= 15 is 0 Å². The Morgan fingerprint density at radius 1 is 0.815 bits per heavy atom. The summed E-state index contributed by atoms with van der Waals surface area (Å²) in [5, 5.41) is 3.25. The van der Waals surface area contributed by atoms with Gasteiger partial charge in [-0.2, -0.15) is 0 Å². The highest BCUT2D eigenvalue weighted by atomic mass is 16.2. The van der Waals surface area contributed by atoms with Gasteiger partial charge in [0.2, 0.25) is 5.91 Å². The van der Waals surface area contributed by atoms with Gasteiger partial charge in [-0.3, -0.25) is 9.69 Å². The van der Waals surface area contributed by atoms with Crippen LogP contribution in [0.2, 0.25) is 0 Å². The molecule has 3 aromatic rings. The molecular formula is C24H24N2O. The van der Waals surface area contributed by atoms with E-state index < -0.39 is 0 Å². The molecule has 0 radical (unpaired) electrons. The van der Waals surface area contributed by atoms with Crippen molar-refractivity contribution in [2.24, 2.45) is 0 Å². The van der Waals surface area contributed by atoms with Crippen molar-refractivity contribution in [3.63, 3.8) is 0 Å². The van der Waals surface area contributed by atoms with Crippen molar-refractivity contribution in [2.75, 3.05) is 13.1 Å². The summed E-state index contributed by atoms with van der Waals surface area (Å²) < 4.78 is 0. The predicted octanol–water partition coefficient (Wildman–Crippen LogP) is 3.82. The third-order valence-corrected chi connectivity index (χ3v) is 5.14. The number of piperazine rings is 1. The topological polar surface area (TPSA) is 32.3 Å². The largest absolute Gasteiger partial charge is 0.350 e. The Morgan fingerprint density at radius 2 is 1.33 bits per heavy atom. The first-order valence-corrected chi connectivity index (χ1v) is 9.45. The summed E-state index contributed by atoms with van der Waals surface area (Å²) in [5.41, 5.74) is 3.70. The maximum atomic E-state index is 12.5. The molecule has 27 heavy (non-hydrogen) atoms. The molecule has 4 rings (SSSR count). The molecule has 1 amide bonds. The minimum absolute atomic E-state index is 0.0414. The van der Waals surface area contributed by atoms with Gasteiger partial charge >= 0.3 is 0 Å². The normalized spacial score (nSPS) is 17.7. The highest BCUT2D eigenvalue weighted by Gasteiger charge is 2.32. The van der Waals surface area contributed by atoms with Crippen LogP contribution >= 0.6 is 0 Å². The van der Waals surface area contributed by atoms with Gasteiger partial charge in [0.15, 0.2) is 0 Å². The number of carbonyl (C=O) groups is 1. The number of benzene rings is 3. The van der Waals surface area contributed by atoms with Gasteiger partial charge in [-0.25, -0.2) is 0 Å². The quantitative estimate of drug-likeness (QED) is 0.754. The first kappa shape index (κ1) is 17.5. The highest BCUT2D eigenvalue weighted by molar-refractivity contribution is 5.79. The molecule has 0 saturated carbocycles. The Labute approximate surface area is 160 Å². The molecule has 1 aliphatic heterocycles. The second-order valence-electron chi connectivity index (χ2n) is 7.13. The predicted molar refractivity (Wildman–Crippen MR) is 108 cm³/mol. The molecule has 0 aromatic heterocycles. The van der Waals surface area contributed by atoms with E-state index in [1.807, 2.05) is 30.3 Å². The van der Waals surface area contributed by atoms with Crippen LogP contribution in [0.4, 0.5) is 0 Å². The second kappa shape index (κ2) is 8.19. The van der Waals surface area contributed by atoms with Gasteiger partial charge in [-0.1, -0.05) is 91.0 Å². The number of nitrogens with one attached hydrogen (secondary N) is 1. The zero-order valence-electron chi connectivity index (χ0n) is 15.3. The van der Waals surface area contributed by atoms with Crippen molar-refractivity contribution < 1.29 is 4.79 Å². The monoisotopic (exact) mass is 356 g/mol. The Morgan fingerprint density at radius 3 is 1.89 bits per heavy atom. The van der Waals surface area contributed by atoms with Crippen molar-refractivity contribution in [1.82, 2.24) is 10.2 Å². The Hall–Kier alpha value is -2.91. The molecule has 1 fully saturated rings. The van der Waals surface area contributed by atoms with E-state index in [-0.39, 0.29) is 17.9 Å². The van der Waals surface area contributed by atoms with E-state index in [1.54, 1.807) is 0 Å². The standard InChI is InChI=1S/C24H24N2O/c27-23-18-26(16-19-10-4-1-5-11-19)17-22(25-23)24(20-12-6-2-7-13-20)21-14-8-3-9-15-21/h1-15,22,24H,16-18H2,(H,25,27). The molecule has 3 aromatic carbocycles. The molecule has 1 aliphatic rings. The summed E-state index contributed by atoms with van der Waals surface area (Å²) in [6.45, 7) is 2.07. The maximum absolute atomic E-state index is 12.5. The van der Waals surface area contributed by atoms with E-state index in [1.165, 1.54) is 16.7 Å². The van der Waals surface area contributed by atoms with Crippen LogP contribution < -0.4 is 5.32 Å². The molecular weight excluding hydrogens is 332 g/mol. The van der Waals surface area contributed by atoms with Gasteiger partial charge < -0.3 is 5.32 Å². The van der Waals surface area contributed by atoms with Crippen LogP contribution in [0.5, 0.6) is 0 Å². The van der Waals surface area contributed by atoms with Crippen LogP contribution in [0, 0.1) is 0 Å². The summed E-state index contributed by atoms with van der Waals surface area (Å²) in [4.78, 5) is 14.7. The zero-order chi connectivity index (χ0) is 18.5. The first-order valence-electron chi connectivity index (χ1n) is 9.45. The maximum Gasteiger partial charge on any atom is 0.234 e. The lowest BCUT2D eigenvalue weighted by Crippen LogP contribution is -2.56. The smallest absolute Gasteiger partial charge is 0.234 e. The molecule has 3 nitrogen and oxygen atoms in total. The number of carbonyl (C=O) groups excluding carboxylic acids is 1. The summed E-state index contributed by atoms with van der Waals surface area (Å²) in [5.74, 6) is 0.231. The van der Waals surface area contributed by atoms with E-state index in [0.29, 0.717) is 6.54 Å². The fraction of sp³-hybridized carbons (Fsp3) is 0.208. The van der Waals surface area contributed by atoms with Crippen LogP contribution in [-0.4, -0.2) is 29.9 Å². The van der Waals surface area contributed by atoms with Crippen molar-refractivity contribution in [3.8, 4) is 0 Å². The van der Waals surface area contributed by atoms with Gasteiger partial charge in [0, 0.05) is 19.0 Å². The average molecular weight is 356 g/mol. The molecule has 0 spiro atoms. The zero-order valence-corrected chi connectivity index (χ0v) is 15.3. The van der Waals surface area contributed by atoms with Crippen LogP contribution in [0.1, 0.15) is 22.6 Å². The molecule has 3 heteroatoms. The van der Waals surface area contributed by atoms with Gasteiger partial charge in [-0.05, 0) is 16.7 Å². The lowest BCUT2D eigenvalue weighted by atomic mass is 9.84. The summed E-state index contributed by atoms with van der Waals surface area (Å²) in [6.07, 6.45) is 0. The van der Waals surface area contributed by atoms with Crippen LogP contribution in [0.25, 0.3) is 0 Å². The summed E-state index contributed by atoms with van der Waals surface area (Å²) >= 11 is 0. The van der Waals surface area contributed by atoms with Gasteiger partial charge in [0.25, 0.3) is 0 Å². The van der Waals surface area contributed by atoms with Crippen molar-refractivity contribution in [3.05, 3.63) is 108 Å². The third kappa shape index (κ3) is 4.26. The Balaban J connectivity index is 1.62. The van der Waals surface area contributed by atoms with Gasteiger partial charge in [0.1, 0.15) is 0 Å². The molecule has 1 atom stereocenters. The molecule has 1 saturated heterocycles. The fourth-order valence-corrected chi connectivity index (χ4v) is 3.97. The lowest BCUT2D eigenvalue weighted by Gasteiger charge is -2.38. The number of amides is 1. The fourth-order valence-electron chi connectivity index (χ4n) is 3.97. The summed E-state index contributed by atoms with van der Waals surface area (Å²) in [6, 6.07) is 31.3. The molecule has 136 valence electrons. The SMILES string of the molecule is O=C1CN(Cc2ccccc2)CC(C(c2ccccc2)c2ccccc2)N1. The van der Waals surface area contributed by atoms with E-state index in [0.717, 1.165) is 13.1 Å². The number of hydrogen-bond acceptors (Lipinski definition) is 2. The van der Waals surface area contributed by atoms with Gasteiger partial charge in [-0.15, -0.1) is 0 Å². The molecule has 0 aliphatic carbocycles. The van der Waals surface area contributed by atoms with Crippen molar-refractivity contribution in [1.29, 1.82) is 0 Å². The van der Waals surface area contributed by atoms with E-state index in [4.69, 9.17) is 0 Å². The van der Waals surface area contributed by atoms with Crippen molar-refractivity contribution >= 4 is 5.91 Å². The van der Waals surface area contributed by atoms with Crippen molar-refractivity contribution in [2.45, 2.75) is 18.5 Å². The lowest BCUT2D eigenvalue weighted by molar-refractivity contribution is -0.125. The third-order valence-electron chi connectivity index (χ3n) is 5.14.